The highest BCUT2D eigenvalue weighted by atomic mass is 16.5. The minimum atomic E-state index is 0.116. The van der Waals surface area contributed by atoms with E-state index >= 15 is 0 Å². The number of amides is 1. The predicted octanol–water partition coefficient (Wildman–Crippen LogP) is 2.91. The molecule has 0 saturated heterocycles. The third-order valence-corrected chi connectivity index (χ3v) is 5.10. The Balaban J connectivity index is 1.75. The number of nitrogens with two attached hydrogens (primary N) is 1. The maximum Gasteiger partial charge on any atom is 0.253 e. The number of rotatable bonds is 4. The molecule has 2 aliphatic rings. The Hall–Kier alpha value is -1.55. The Labute approximate surface area is 132 Å². The van der Waals surface area contributed by atoms with Crippen molar-refractivity contribution in [2.24, 2.45) is 5.73 Å². The van der Waals surface area contributed by atoms with Crippen LogP contribution in [0.15, 0.2) is 18.2 Å². The maximum absolute atomic E-state index is 12.8. The van der Waals surface area contributed by atoms with Crippen LogP contribution in [-0.4, -0.2) is 37.0 Å². The Morgan fingerprint density at radius 2 is 1.86 bits per heavy atom. The zero-order valence-corrected chi connectivity index (χ0v) is 13.5. The molecular weight excluding hydrogens is 276 g/mol. The minimum Gasteiger partial charge on any atom is -0.496 e. The SMILES string of the molecule is COc1ccc(C(=O)N(C)C2CCC(N)CC2)cc1C1CC1. The van der Waals surface area contributed by atoms with Crippen molar-refractivity contribution < 1.29 is 9.53 Å². The molecule has 4 nitrogen and oxygen atoms in total. The second kappa shape index (κ2) is 6.29. The third kappa shape index (κ3) is 3.12. The summed E-state index contributed by atoms with van der Waals surface area (Å²) in [6.07, 6.45) is 6.44. The highest BCUT2D eigenvalue weighted by molar-refractivity contribution is 5.94. The summed E-state index contributed by atoms with van der Waals surface area (Å²) in [4.78, 5) is 14.7. The Morgan fingerprint density at radius 3 is 2.45 bits per heavy atom. The zero-order valence-electron chi connectivity index (χ0n) is 13.5. The lowest BCUT2D eigenvalue weighted by Crippen LogP contribution is -2.41. The first-order valence-electron chi connectivity index (χ1n) is 8.31. The molecule has 1 aromatic rings. The number of ether oxygens (including phenoxy) is 1. The van der Waals surface area contributed by atoms with E-state index in [4.69, 9.17) is 10.5 Å². The van der Waals surface area contributed by atoms with Gasteiger partial charge in [0.2, 0.25) is 0 Å². The first kappa shape index (κ1) is 15.3. The highest BCUT2D eigenvalue weighted by Crippen LogP contribution is 2.44. The van der Waals surface area contributed by atoms with E-state index in [1.807, 2.05) is 30.1 Å². The lowest BCUT2D eigenvalue weighted by molar-refractivity contribution is 0.0690. The quantitative estimate of drug-likeness (QED) is 0.930. The van der Waals surface area contributed by atoms with Crippen molar-refractivity contribution in [2.45, 2.75) is 56.5 Å². The summed E-state index contributed by atoms with van der Waals surface area (Å²) >= 11 is 0. The van der Waals surface area contributed by atoms with Gasteiger partial charge < -0.3 is 15.4 Å². The minimum absolute atomic E-state index is 0.116. The van der Waals surface area contributed by atoms with Crippen LogP contribution in [0.3, 0.4) is 0 Å². The van der Waals surface area contributed by atoms with Gasteiger partial charge in [0.25, 0.3) is 5.91 Å². The van der Waals surface area contributed by atoms with Crippen LogP contribution in [0.2, 0.25) is 0 Å². The van der Waals surface area contributed by atoms with Gasteiger partial charge in [0, 0.05) is 24.7 Å². The molecule has 2 aliphatic carbocycles. The average Bonchev–Trinajstić information content (AvgIpc) is 3.38. The van der Waals surface area contributed by atoms with Gasteiger partial charge in [-0.05, 0) is 68.2 Å². The van der Waals surface area contributed by atoms with Gasteiger partial charge in [-0.15, -0.1) is 0 Å². The second-order valence-corrected chi connectivity index (χ2v) is 6.72. The lowest BCUT2D eigenvalue weighted by Gasteiger charge is -2.33. The molecule has 4 heteroatoms. The van der Waals surface area contributed by atoms with Crippen molar-refractivity contribution in [2.75, 3.05) is 14.2 Å². The fourth-order valence-electron chi connectivity index (χ4n) is 3.44. The van der Waals surface area contributed by atoms with Crippen molar-refractivity contribution >= 4 is 5.91 Å². The summed E-state index contributed by atoms with van der Waals surface area (Å²) in [6.45, 7) is 0. The van der Waals surface area contributed by atoms with E-state index < -0.39 is 0 Å². The monoisotopic (exact) mass is 302 g/mol. The van der Waals surface area contributed by atoms with Crippen LogP contribution in [0.4, 0.5) is 0 Å². The van der Waals surface area contributed by atoms with Crippen molar-refractivity contribution in [3.63, 3.8) is 0 Å². The van der Waals surface area contributed by atoms with E-state index in [1.54, 1.807) is 7.11 Å². The largest absolute Gasteiger partial charge is 0.496 e. The van der Waals surface area contributed by atoms with E-state index in [2.05, 4.69) is 0 Å². The number of nitrogens with zero attached hydrogens (tertiary/aromatic N) is 1. The lowest BCUT2D eigenvalue weighted by atomic mass is 9.90. The van der Waals surface area contributed by atoms with Gasteiger partial charge in [0.1, 0.15) is 5.75 Å². The molecule has 1 amide bonds. The normalized spacial score (nSPS) is 24.9. The van der Waals surface area contributed by atoms with Gasteiger partial charge in [-0.2, -0.15) is 0 Å². The Bertz CT molecular complexity index is 546. The second-order valence-electron chi connectivity index (χ2n) is 6.72. The van der Waals surface area contributed by atoms with Gasteiger partial charge in [0.15, 0.2) is 0 Å². The molecule has 2 N–H and O–H groups in total. The van der Waals surface area contributed by atoms with Gasteiger partial charge in [0.05, 0.1) is 7.11 Å². The van der Waals surface area contributed by atoms with Crippen LogP contribution in [-0.2, 0) is 0 Å². The van der Waals surface area contributed by atoms with Crippen LogP contribution in [0, 0.1) is 0 Å². The summed E-state index contributed by atoms with van der Waals surface area (Å²) in [5.41, 5.74) is 7.92. The third-order valence-electron chi connectivity index (χ3n) is 5.10. The molecule has 0 aromatic heterocycles. The van der Waals surface area contributed by atoms with Crippen LogP contribution in [0.5, 0.6) is 5.75 Å². The van der Waals surface area contributed by atoms with E-state index in [0.717, 1.165) is 37.0 Å². The van der Waals surface area contributed by atoms with Crippen molar-refractivity contribution in [3.05, 3.63) is 29.3 Å². The molecule has 0 spiro atoms. The smallest absolute Gasteiger partial charge is 0.253 e. The Morgan fingerprint density at radius 1 is 1.18 bits per heavy atom. The molecule has 0 heterocycles. The first-order valence-corrected chi connectivity index (χ1v) is 8.31. The standard InChI is InChI=1S/C18H26N2O2/c1-20(15-8-6-14(19)7-9-15)18(21)13-5-10-17(22-2)16(11-13)12-3-4-12/h5,10-12,14-15H,3-4,6-9,19H2,1-2H3. The van der Waals surface area contributed by atoms with Crippen LogP contribution in [0.25, 0.3) is 0 Å². The van der Waals surface area contributed by atoms with E-state index in [1.165, 1.54) is 18.4 Å². The molecule has 0 atom stereocenters. The number of benzene rings is 1. The summed E-state index contributed by atoms with van der Waals surface area (Å²) in [5.74, 6) is 1.59. The van der Waals surface area contributed by atoms with Gasteiger partial charge >= 0.3 is 0 Å². The molecule has 0 unspecified atom stereocenters. The molecule has 0 aliphatic heterocycles. The summed E-state index contributed by atoms with van der Waals surface area (Å²) in [5, 5.41) is 0. The van der Waals surface area contributed by atoms with Crippen molar-refractivity contribution in [1.29, 1.82) is 0 Å². The highest BCUT2D eigenvalue weighted by Gasteiger charge is 2.29. The molecule has 3 rings (SSSR count). The number of carbonyl (C=O) groups is 1. The number of hydrogen-bond acceptors (Lipinski definition) is 3. The molecule has 22 heavy (non-hydrogen) atoms. The van der Waals surface area contributed by atoms with E-state index in [0.29, 0.717) is 18.0 Å². The molecule has 2 saturated carbocycles. The predicted molar refractivity (Wildman–Crippen MR) is 87.3 cm³/mol. The van der Waals surface area contributed by atoms with E-state index in [9.17, 15) is 4.79 Å². The van der Waals surface area contributed by atoms with Crippen LogP contribution >= 0.6 is 0 Å². The number of hydrogen-bond donors (Lipinski definition) is 1. The molecule has 0 radical (unpaired) electrons. The molecule has 1 aromatic carbocycles. The molecular formula is C18H26N2O2. The molecule has 0 bridgehead atoms. The van der Waals surface area contributed by atoms with Gasteiger partial charge in [-0.25, -0.2) is 0 Å². The van der Waals surface area contributed by atoms with Crippen LogP contribution < -0.4 is 10.5 Å². The zero-order chi connectivity index (χ0) is 15.7. The Kier molecular flexibility index (Phi) is 4.39. The van der Waals surface area contributed by atoms with Crippen molar-refractivity contribution in [3.8, 4) is 5.75 Å². The molecule has 120 valence electrons. The van der Waals surface area contributed by atoms with Crippen molar-refractivity contribution in [1.82, 2.24) is 4.90 Å². The molecule has 2 fully saturated rings. The topological polar surface area (TPSA) is 55.6 Å². The van der Waals surface area contributed by atoms with Gasteiger partial charge in [-0.1, -0.05) is 0 Å². The fourth-order valence-corrected chi connectivity index (χ4v) is 3.44. The maximum atomic E-state index is 12.8. The van der Waals surface area contributed by atoms with Crippen LogP contribution in [0.1, 0.15) is 60.4 Å². The number of carbonyl (C=O) groups excluding carboxylic acids is 1. The summed E-state index contributed by atoms with van der Waals surface area (Å²) < 4.78 is 5.43. The fraction of sp³-hybridized carbons (Fsp3) is 0.611. The number of methoxy groups -OCH3 is 1. The first-order chi connectivity index (χ1) is 10.6. The average molecular weight is 302 g/mol. The summed E-state index contributed by atoms with van der Waals surface area (Å²) in [6, 6.07) is 6.48. The van der Waals surface area contributed by atoms with Gasteiger partial charge in [-0.3, -0.25) is 4.79 Å². The van der Waals surface area contributed by atoms with E-state index in [-0.39, 0.29) is 5.91 Å². The summed E-state index contributed by atoms with van der Waals surface area (Å²) in [7, 11) is 3.62.